The van der Waals surface area contributed by atoms with Gasteiger partial charge in [0.05, 0.1) is 5.56 Å². The molecule has 0 amide bonds. The maximum absolute atomic E-state index is 13.9. The predicted molar refractivity (Wildman–Crippen MR) is 70.5 cm³/mol. The molecule has 1 atom stereocenters. The molecule has 0 saturated heterocycles. The van der Waals surface area contributed by atoms with Gasteiger partial charge in [0.2, 0.25) is 0 Å². The highest BCUT2D eigenvalue weighted by Crippen LogP contribution is 2.38. The van der Waals surface area contributed by atoms with Gasteiger partial charge in [0.1, 0.15) is 5.75 Å². The molecule has 112 valence electrons. The molecule has 0 fully saturated rings. The summed E-state index contributed by atoms with van der Waals surface area (Å²) in [5.74, 6) is -1.49. The maximum Gasteiger partial charge on any atom is 0.419 e. The molecule has 0 saturated carbocycles. The monoisotopic (exact) mass is 299 g/mol. The molecule has 0 aliphatic heterocycles. The van der Waals surface area contributed by atoms with Crippen LogP contribution < -0.4 is 10.5 Å². The van der Waals surface area contributed by atoms with Crippen molar-refractivity contribution < 1.29 is 22.3 Å². The highest BCUT2D eigenvalue weighted by Gasteiger charge is 2.34. The quantitative estimate of drug-likeness (QED) is 0.837. The molecule has 0 aliphatic carbocycles. The van der Waals surface area contributed by atoms with E-state index in [9.17, 15) is 17.6 Å². The topological polar surface area (TPSA) is 35.2 Å². The van der Waals surface area contributed by atoms with E-state index in [1.165, 1.54) is 24.3 Å². The van der Waals surface area contributed by atoms with Crippen LogP contribution in [0, 0.1) is 5.82 Å². The fraction of sp³-hybridized carbons (Fsp3) is 0.200. The Labute approximate surface area is 119 Å². The Morgan fingerprint density at radius 3 is 2.29 bits per heavy atom. The molecule has 2 nitrogen and oxygen atoms in total. The summed E-state index contributed by atoms with van der Waals surface area (Å²) in [6, 6.07) is 8.20. The van der Waals surface area contributed by atoms with Crippen LogP contribution in [0.25, 0.3) is 0 Å². The van der Waals surface area contributed by atoms with Gasteiger partial charge < -0.3 is 10.5 Å². The second-order valence-electron chi connectivity index (χ2n) is 4.57. The number of halogens is 4. The van der Waals surface area contributed by atoms with E-state index in [1.54, 1.807) is 6.92 Å². The van der Waals surface area contributed by atoms with Crippen molar-refractivity contribution in [1.82, 2.24) is 0 Å². The number of ether oxygens (including phenoxy) is 1. The molecule has 0 bridgehead atoms. The molecular formula is C15H13F4NO. The SMILES string of the molecule is CC(N)c1ccc(Oc2ccccc2C(F)(F)F)c(F)c1. The largest absolute Gasteiger partial charge is 0.454 e. The van der Waals surface area contributed by atoms with Crippen LogP contribution in [0.1, 0.15) is 24.1 Å². The second-order valence-corrected chi connectivity index (χ2v) is 4.57. The molecule has 2 aromatic rings. The highest BCUT2D eigenvalue weighted by atomic mass is 19.4. The summed E-state index contributed by atoms with van der Waals surface area (Å²) in [4.78, 5) is 0. The zero-order valence-corrected chi connectivity index (χ0v) is 11.1. The number of alkyl halides is 3. The minimum Gasteiger partial charge on any atom is -0.454 e. The summed E-state index contributed by atoms with van der Waals surface area (Å²) >= 11 is 0. The normalized spacial score (nSPS) is 13.0. The smallest absolute Gasteiger partial charge is 0.419 e. The van der Waals surface area contributed by atoms with Gasteiger partial charge in [-0.3, -0.25) is 0 Å². The first-order valence-corrected chi connectivity index (χ1v) is 6.18. The predicted octanol–water partition coefficient (Wildman–Crippen LogP) is 4.66. The third-order valence-electron chi connectivity index (χ3n) is 2.89. The van der Waals surface area contributed by atoms with Crippen LogP contribution in [0.15, 0.2) is 42.5 Å². The summed E-state index contributed by atoms with van der Waals surface area (Å²) in [5, 5.41) is 0. The molecular weight excluding hydrogens is 286 g/mol. The average Bonchev–Trinajstić information content (AvgIpc) is 2.40. The summed E-state index contributed by atoms with van der Waals surface area (Å²) in [7, 11) is 0. The van der Waals surface area contributed by atoms with Crippen LogP contribution in [0.4, 0.5) is 17.6 Å². The molecule has 2 rings (SSSR count). The molecule has 0 aromatic heterocycles. The third kappa shape index (κ3) is 3.52. The Morgan fingerprint density at radius 2 is 1.71 bits per heavy atom. The Balaban J connectivity index is 2.35. The zero-order chi connectivity index (χ0) is 15.6. The molecule has 0 heterocycles. The lowest BCUT2D eigenvalue weighted by atomic mass is 10.1. The van der Waals surface area contributed by atoms with Crippen molar-refractivity contribution >= 4 is 0 Å². The van der Waals surface area contributed by atoms with Crippen LogP contribution in [-0.2, 0) is 6.18 Å². The molecule has 0 radical (unpaired) electrons. The third-order valence-corrected chi connectivity index (χ3v) is 2.89. The molecule has 1 unspecified atom stereocenters. The minimum absolute atomic E-state index is 0.281. The van der Waals surface area contributed by atoms with Crippen molar-refractivity contribution in [2.75, 3.05) is 0 Å². The number of benzene rings is 2. The van der Waals surface area contributed by atoms with Gasteiger partial charge in [-0.2, -0.15) is 13.2 Å². The lowest BCUT2D eigenvalue weighted by molar-refractivity contribution is -0.138. The molecule has 0 spiro atoms. The summed E-state index contributed by atoms with van der Waals surface area (Å²) < 4.78 is 57.4. The van der Waals surface area contributed by atoms with Gasteiger partial charge in [-0.15, -0.1) is 0 Å². The Bertz CT molecular complexity index is 638. The van der Waals surface area contributed by atoms with Crippen molar-refractivity contribution in [3.63, 3.8) is 0 Å². The van der Waals surface area contributed by atoms with Crippen LogP contribution in [0.3, 0.4) is 0 Å². The average molecular weight is 299 g/mol. The molecule has 2 aromatic carbocycles. The van der Waals surface area contributed by atoms with Gasteiger partial charge >= 0.3 is 6.18 Å². The summed E-state index contributed by atoms with van der Waals surface area (Å²) in [6.45, 7) is 1.67. The standard InChI is InChI=1S/C15H13F4NO/c1-9(20)10-6-7-14(12(16)8-10)21-13-5-3-2-4-11(13)15(17,18)19/h2-9H,20H2,1H3. The van der Waals surface area contributed by atoms with Gasteiger partial charge in [-0.25, -0.2) is 4.39 Å². The van der Waals surface area contributed by atoms with Crippen LogP contribution in [0.5, 0.6) is 11.5 Å². The first-order valence-electron chi connectivity index (χ1n) is 6.18. The van der Waals surface area contributed by atoms with Crippen LogP contribution in [0.2, 0.25) is 0 Å². The fourth-order valence-corrected chi connectivity index (χ4v) is 1.79. The van der Waals surface area contributed by atoms with Gasteiger partial charge in [-0.1, -0.05) is 18.2 Å². The zero-order valence-electron chi connectivity index (χ0n) is 11.1. The van der Waals surface area contributed by atoms with Gasteiger partial charge in [0, 0.05) is 6.04 Å². The van der Waals surface area contributed by atoms with Gasteiger partial charge in [0.15, 0.2) is 11.6 Å². The van der Waals surface area contributed by atoms with Crippen molar-refractivity contribution in [2.45, 2.75) is 19.1 Å². The second kappa shape index (κ2) is 5.73. The van der Waals surface area contributed by atoms with Gasteiger partial charge in [-0.05, 0) is 36.8 Å². The number of nitrogens with two attached hydrogens (primary N) is 1. The highest BCUT2D eigenvalue weighted by molar-refractivity contribution is 5.40. The lowest BCUT2D eigenvalue weighted by Gasteiger charge is -2.14. The van der Waals surface area contributed by atoms with Crippen molar-refractivity contribution in [3.8, 4) is 11.5 Å². The Kier molecular flexibility index (Phi) is 4.18. The first-order chi connectivity index (χ1) is 9.79. The number of hydrogen-bond acceptors (Lipinski definition) is 2. The van der Waals surface area contributed by atoms with Crippen LogP contribution in [-0.4, -0.2) is 0 Å². The maximum atomic E-state index is 13.9. The van der Waals surface area contributed by atoms with E-state index in [0.29, 0.717) is 5.56 Å². The first kappa shape index (κ1) is 15.3. The van der Waals surface area contributed by atoms with E-state index in [0.717, 1.165) is 18.2 Å². The van der Waals surface area contributed by atoms with Crippen molar-refractivity contribution in [3.05, 3.63) is 59.4 Å². The van der Waals surface area contributed by atoms with E-state index >= 15 is 0 Å². The minimum atomic E-state index is -4.57. The van der Waals surface area contributed by atoms with Gasteiger partial charge in [0.25, 0.3) is 0 Å². The number of rotatable bonds is 3. The number of hydrogen-bond donors (Lipinski definition) is 1. The fourth-order valence-electron chi connectivity index (χ4n) is 1.79. The van der Waals surface area contributed by atoms with Crippen LogP contribution >= 0.6 is 0 Å². The molecule has 0 aliphatic rings. The summed E-state index contributed by atoms with van der Waals surface area (Å²) in [5.41, 5.74) is 5.18. The van der Waals surface area contributed by atoms with E-state index in [-0.39, 0.29) is 11.8 Å². The number of para-hydroxylation sites is 1. The molecule has 6 heteroatoms. The van der Waals surface area contributed by atoms with E-state index in [4.69, 9.17) is 10.5 Å². The molecule has 2 N–H and O–H groups in total. The lowest BCUT2D eigenvalue weighted by Crippen LogP contribution is -2.08. The van der Waals surface area contributed by atoms with Crippen molar-refractivity contribution in [1.29, 1.82) is 0 Å². The Hall–Kier alpha value is -2.08. The Morgan fingerprint density at radius 1 is 1.05 bits per heavy atom. The van der Waals surface area contributed by atoms with E-state index in [2.05, 4.69) is 0 Å². The van der Waals surface area contributed by atoms with Crippen molar-refractivity contribution in [2.24, 2.45) is 5.73 Å². The van der Waals surface area contributed by atoms with E-state index < -0.39 is 23.3 Å². The summed E-state index contributed by atoms with van der Waals surface area (Å²) in [6.07, 6.45) is -4.57. The van der Waals surface area contributed by atoms with E-state index in [1.807, 2.05) is 0 Å². The molecule has 21 heavy (non-hydrogen) atoms.